The topological polar surface area (TPSA) is 202 Å². The first kappa shape index (κ1) is 19.7. The molecule has 0 radical (unpaired) electrons. The van der Waals surface area contributed by atoms with E-state index < -0.39 is 23.9 Å². The summed E-state index contributed by atoms with van der Waals surface area (Å²) < 4.78 is 0. The van der Waals surface area contributed by atoms with Crippen molar-refractivity contribution in [3.63, 3.8) is 0 Å². The number of guanidine groups is 1. The first-order valence-corrected chi connectivity index (χ1v) is 5.34. The lowest BCUT2D eigenvalue weighted by Crippen LogP contribution is -2.30. The van der Waals surface area contributed by atoms with Crippen LogP contribution in [0.3, 0.4) is 0 Å². The van der Waals surface area contributed by atoms with Gasteiger partial charge in [0.15, 0.2) is 5.96 Å². The van der Waals surface area contributed by atoms with Crippen LogP contribution in [0.4, 0.5) is 0 Å². The Kier molecular flexibility index (Phi) is 11.3. The Morgan fingerprint density at radius 2 is 1.50 bits per heavy atom. The predicted octanol–water partition coefficient (Wildman–Crippen LogP) is -1.84. The SMILES string of the molecule is NC(N)=NCCCC(N)C(=O)O.O=C(O)/C=C\C(=O)O. The van der Waals surface area contributed by atoms with E-state index >= 15 is 0 Å². The van der Waals surface area contributed by atoms with Crippen LogP contribution in [0.5, 0.6) is 0 Å². The second-order valence-electron chi connectivity index (χ2n) is 3.40. The molecule has 0 aromatic carbocycles. The highest BCUT2D eigenvalue weighted by Gasteiger charge is 2.09. The molecule has 0 saturated heterocycles. The lowest BCUT2D eigenvalue weighted by Gasteiger charge is -2.03. The molecular formula is C10H18N4O6. The molecule has 1 unspecified atom stereocenters. The standard InChI is InChI=1S/C6H14N4O2.C4H4O4/c7-4(5(11)12)2-1-3-10-6(8)9;5-3(6)1-2-4(7)8/h4H,1-3,7H2,(H,11,12)(H4,8,9,10);1-2H,(H,5,6)(H,7,8)/b;2-1-. The molecule has 0 aliphatic rings. The van der Waals surface area contributed by atoms with Crippen LogP contribution in [0.25, 0.3) is 0 Å². The average molecular weight is 290 g/mol. The number of hydrogen-bond donors (Lipinski definition) is 6. The summed E-state index contributed by atoms with van der Waals surface area (Å²) in [5.74, 6) is -3.50. The Morgan fingerprint density at radius 3 is 1.80 bits per heavy atom. The van der Waals surface area contributed by atoms with Crippen LogP contribution < -0.4 is 17.2 Å². The van der Waals surface area contributed by atoms with Gasteiger partial charge in [0.1, 0.15) is 6.04 Å². The summed E-state index contributed by atoms with van der Waals surface area (Å²) in [7, 11) is 0. The zero-order valence-electron chi connectivity index (χ0n) is 10.6. The molecule has 0 bridgehead atoms. The number of nitrogens with two attached hydrogens (primary N) is 3. The van der Waals surface area contributed by atoms with E-state index in [0.717, 1.165) is 0 Å². The van der Waals surface area contributed by atoms with Gasteiger partial charge in [-0.1, -0.05) is 0 Å². The van der Waals surface area contributed by atoms with Crippen molar-refractivity contribution in [2.45, 2.75) is 18.9 Å². The van der Waals surface area contributed by atoms with Crippen LogP contribution in [-0.4, -0.2) is 51.8 Å². The van der Waals surface area contributed by atoms with Gasteiger partial charge in [0.05, 0.1) is 0 Å². The smallest absolute Gasteiger partial charge is 0.328 e. The van der Waals surface area contributed by atoms with E-state index in [1.807, 2.05) is 0 Å². The van der Waals surface area contributed by atoms with E-state index in [9.17, 15) is 14.4 Å². The first-order valence-electron chi connectivity index (χ1n) is 5.34. The van der Waals surface area contributed by atoms with Crippen LogP contribution >= 0.6 is 0 Å². The monoisotopic (exact) mass is 290 g/mol. The zero-order valence-corrected chi connectivity index (χ0v) is 10.6. The van der Waals surface area contributed by atoms with Gasteiger partial charge >= 0.3 is 17.9 Å². The minimum atomic E-state index is -1.26. The Hall–Kier alpha value is -2.62. The summed E-state index contributed by atoms with van der Waals surface area (Å²) in [5, 5.41) is 24.0. The van der Waals surface area contributed by atoms with Crippen molar-refractivity contribution in [2.75, 3.05) is 6.54 Å². The molecule has 0 aromatic rings. The molecule has 0 aliphatic heterocycles. The van der Waals surface area contributed by atoms with E-state index in [1.165, 1.54) is 0 Å². The van der Waals surface area contributed by atoms with Crippen molar-refractivity contribution in [1.82, 2.24) is 0 Å². The normalized spacial score (nSPS) is 11.1. The fourth-order valence-electron chi connectivity index (χ4n) is 0.785. The Bertz CT molecular complexity index is 373. The molecule has 0 aliphatic carbocycles. The van der Waals surface area contributed by atoms with Gasteiger partial charge in [-0.15, -0.1) is 0 Å². The Morgan fingerprint density at radius 1 is 1.05 bits per heavy atom. The summed E-state index contributed by atoms with van der Waals surface area (Å²) in [6.45, 7) is 0.420. The first-order chi connectivity index (χ1) is 9.16. The third kappa shape index (κ3) is 17.8. The van der Waals surface area contributed by atoms with Gasteiger partial charge in [0.2, 0.25) is 0 Å². The molecule has 0 spiro atoms. The summed E-state index contributed by atoms with van der Waals surface area (Å²) in [6, 6.07) is -0.820. The number of aliphatic carboxylic acids is 3. The van der Waals surface area contributed by atoms with E-state index in [-0.39, 0.29) is 5.96 Å². The van der Waals surface area contributed by atoms with Gasteiger partial charge < -0.3 is 32.5 Å². The minimum absolute atomic E-state index is 0.0129. The van der Waals surface area contributed by atoms with Crippen molar-refractivity contribution < 1.29 is 29.7 Å². The Labute approximate surface area is 114 Å². The highest BCUT2D eigenvalue weighted by Crippen LogP contribution is 1.94. The van der Waals surface area contributed by atoms with Gasteiger partial charge in [-0.25, -0.2) is 9.59 Å². The molecule has 1 atom stereocenters. The van der Waals surface area contributed by atoms with Gasteiger partial charge in [0.25, 0.3) is 0 Å². The maximum atomic E-state index is 10.2. The van der Waals surface area contributed by atoms with Crippen LogP contribution in [0, 0.1) is 0 Å². The number of hydrogen-bond acceptors (Lipinski definition) is 5. The molecule has 0 amide bonds. The number of carboxylic acid groups (broad SMARTS) is 3. The lowest BCUT2D eigenvalue weighted by atomic mass is 10.2. The number of rotatable bonds is 7. The summed E-state index contributed by atoms with van der Waals surface area (Å²) in [4.78, 5) is 33.0. The molecule has 0 rings (SSSR count). The van der Waals surface area contributed by atoms with Crippen molar-refractivity contribution in [1.29, 1.82) is 0 Å². The highest BCUT2D eigenvalue weighted by molar-refractivity contribution is 5.89. The maximum Gasteiger partial charge on any atom is 0.328 e. The number of aliphatic imine (C=N–C) groups is 1. The number of nitrogens with zero attached hydrogens (tertiary/aromatic N) is 1. The van der Waals surface area contributed by atoms with Gasteiger partial charge in [-0.3, -0.25) is 9.79 Å². The third-order valence-corrected chi connectivity index (χ3v) is 1.65. The van der Waals surface area contributed by atoms with Gasteiger partial charge in [-0.05, 0) is 12.8 Å². The summed E-state index contributed by atoms with van der Waals surface area (Å²) in [6.07, 6.45) is 2.07. The van der Waals surface area contributed by atoms with Crippen molar-refractivity contribution in [2.24, 2.45) is 22.2 Å². The van der Waals surface area contributed by atoms with E-state index in [1.54, 1.807) is 0 Å². The van der Waals surface area contributed by atoms with Crippen LogP contribution in [0.1, 0.15) is 12.8 Å². The number of carboxylic acids is 3. The van der Waals surface area contributed by atoms with Crippen LogP contribution in [0.2, 0.25) is 0 Å². The molecule has 9 N–H and O–H groups in total. The van der Waals surface area contributed by atoms with Crippen molar-refractivity contribution in [3.05, 3.63) is 12.2 Å². The second-order valence-corrected chi connectivity index (χ2v) is 3.40. The van der Waals surface area contributed by atoms with Gasteiger partial charge in [-0.2, -0.15) is 0 Å². The zero-order chi connectivity index (χ0) is 16.1. The van der Waals surface area contributed by atoms with E-state index in [0.29, 0.717) is 31.5 Å². The van der Waals surface area contributed by atoms with E-state index in [2.05, 4.69) is 4.99 Å². The fourth-order valence-corrected chi connectivity index (χ4v) is 0.785. The lowest BCUT2D eigenvalue weighted by molar-refractivity contribution is -0.138. The number of carbonyl (C=O) groups is 3. The highest BCUT2D eigenvalue weighted by atomic mass is 16.4. The van der Waals surface area contributed by atoms with E-state index in [4.69, 9.17) is 32.5 Å². The summed E-state index contributed by atoms with van der Waals surface area (Å²) in [5.41, 5.74) is 15.3. The largest absolute Gasteiger partial charge is 0.480 e. The van der Waals surface area contributed by atoms with Crippen LogP contribution in [0.15, 0.2) is 17.1 Å². The molecule has 10 heteroatoms. The molecule has 0 aromatic heterocycles. The fraction of sp³-hybridized carbons (Fsp3) is 0.400. The summed E-state index contributed by atoms with van der Waals surface area (Å²) >= 11 is 0. The van der Waals surface area contributed by atoms with Gasteiger partial charge in [0, 0.05) is 18.7 Å². The van der Waals surface area contributed by atoms with Crippen molar-refractivity contribution >= 4 is 23.9 Å². The Balaban J connectivity index is 0. The quantitative estimate of drug-likeness (QED) is 0.135. The molecular weight excluding hydrogens is 272 g/mol. The molecule has 0 saturated carbocycles. The molecule has 0 heterocycles. The van der Waals surface area contributed by atoms with Crippen molar-refractivity contribution in [3.8, 4) is 0 Å². The minimum Gasteiger partial charge on any atom is -0.480 e. The molecule has 10 nitrogen and oxygen atoms in total. The predicted molar refractivity (Wildman–Crippen MR) is 69.9 cm³/mol. The van der Waals surface area contributed by atoms with Crippen LogP contribution in [-0.2, 0) is 14.4 Å². The second kappa shape index (κ2) is 11.5. The molecule has 114 valence electrons. The third-order valence-electron chi connectivity index (χ3n) is 1.65. The average Bonchev–Trinajstić information content (AvgIpc) is 2.32. The molecule has 20 heavy (non-hydrogen) atoms. The molecule has 0 fully saturated rings. The maximum absolute atomic E-state index is 10.2.